The number of ether oxygens (including phenoxy) is 1. The summed E-state index contributed by atoms with van der Waals surface area (Å²) < 4.78 is 45.8. The number of carbonyl (C=O) groups is 2. The highest BCUT2D eigenvalue weighted by Gasteiger charge is 2.47. The number of likely N-dealkylation sites (tertiary alicyclic amines) is 1. The number of aromatic carboxylic acids is 1. The van der Waals surface area contributed by atoms with E-state index in [4.69, 9.17) is 9.84 Å². The predicted molar refractivity (Wildman–Crippen MR) is 123 cm³/mol. The van der Waals surface area contributed by atoms with Gasteiger partial charge in [0.05, 0.1) is 17.7 Å². The van der Waals surface area contributed by atoms with Crippen LogP contribution in [-0.2, 0) is 17.5 Å². The Labute approximate surface area is 201 Å². The summed E-state index contributed by atoms with van der Waals surface area (Å²) >= 11 is 0. The average Bonchev–Trinajstić information content (AvgIpc) is 3.10. The summed E-state index contributed by atoms with van der Waals surface area (Å²) in [4.78, 5) is 27.3. The van der Waals surface area contributed by atoms with Gasteiger partial charge in [-0.1, -0.05) is 12.5 Å². The Hall–Kier alpha value is -3.07. The van der Waals surface area contributed by atoms with Crippen molar-refractivity contribution in [3.63, 3.8) is 0 Å². The molecule has 1 amide bonds. The number of carbonyl (C=O) groups excluding carboxylic acids is 1. The number of halogens is 3. The summed E-state index contributed by atoms with van der Waals surface area (Å²) in [5.41, 5.74) is 1.22. The Balaban J connectivity index is 1.26. The quantitative estimate of drug-likeness (QED) is 0.588. The fourth-order valence-electron chi connectivity index (χ4n) is 5.26. The molecule has 0 bridgehead atoms. The summed E-state index contributed by atoms with van der Waals surface area (Å²) in [6.07, 6.45) is -0.532. The molecule has 0 radical (unpaired) electrons. The van der Waals surface area contributed by atoms with Crippen molar-refractivity contribution in [1.82, 2.24) is 4.90 Å². The molecule has 1 spiro atoms. The van der Waals surface area contributed by atoms with Crippen LogP contribution < -0.4 is 4.90 Å². The van der Waals surface area contributed by atoms with Gasteiger partial charge in [-0.2, -0.15) is 13.2 Å². The van der Waals surface area contributed by atoms with Gasteiger partial charge in [-0.15, -0.1) is 0 Å². The zero-order chi connectivity index (χ0) is 24.8. The van der Waals surface area contributed by atoms with E-state index in [1.54, 1.807) is 18.2 Å². The number of rotatable bonds is 5. The number of hydrogen-bond acceptors (Lipinski definition) is 4. The van der Waals surface area contributed by atoms with Crippen molar-refractivity contribution in [3.05, 3.63) is 64.7 Å². The van der Waals surface area contributed by atoms with Crippen molar-refractivity contribution >= 4 is 17.7 Å². The third-order valence-corrected chi connectivity index (χ3v) is 7.57. The van der Waals surface area contributed by atoms with Crippen LogP contribution in [0.3, 0.4) is 0 Å². The van der Waals surface area contributed by atoms with E-state index >= 15 is 0 Å². The first-order chi connectivity index (χ1) is 16.6. The number of carboxylic acid groups (broad SMARTS) is 1. The van der Waals surface area contributed by atoms with Gasteiger partial charge in [0.25, 0.3) is 0 Å². The summed E-state index contributed by atoms with van der Waals surface area (Å²) in [6, 6.07) is 10.2. The molecule has 6 nitrogen and oxygen atoms in total. The van der Waals surface area contributed by atoms with Crippen molar-refractivity contribution in [2.75, 3.05) is 24.5 Å². The second kappa shape index (κ2) is 8.86. The van der Waals surface area contributed by atoms with Crippen LogP contribution in [0.25, 0.3) is 0 Å². The lowest BCUT2D eigenvalue weighted by atomic mass is 9.77. The first-order valence-electron chi connectivity index (χ1n) is 11.9. The highest BCUT2D eigenvalue weighted by atomic mass is 19.4. The smallest absolute Gasteiger partial charge is 0.416 e. The Bertz CT molecular complexity index is 1120. The fraction of sp³-hybridized carbons (Fsp3) is 0.462. The minimum atomic E-state index is -4.37. The lowest BCUT2D eigenvalue weighted by molar-refractivity contribution is -0.137. The molecule has 1 saturated carbocycles. The maximum absolute atomic E-state index is 13.4. The van der Waals surface area contributed by atoms with Crippen molar-refractivity contribution in [3.8, 4) is 0 Å². The number of carboxylic acids is 1. The van der Waals surface area contributed by atoms with E-state index in [9.17, 15) is 22.8 Å². The SMILES string of the molecule is O=C(O)c1ccc(N2CC3(CCN(Cc4cc(C(F)(F)F)ccc4C4CCC4)CC3)OC2=O)cc1. The van der Waals surface area contributed by atoms with E-state index in [1.165, 1.54) is 29.2 Å². The molecule has 3 aliphatic rings. The Morgan fingerprint density at radius 1 is 1.09 bits per heavy atom. The van der Waals surface area contributed by atoms with Crippen LogP contribution >= 0.6 is 0 Å². The predicted octanol–water partition coefficient (Wildman–Crippen LogP) is 5.66. The van der Waals surface area contributed by atoms with Gasteiger partial charge >= 0.3 is 18.2 Å². The van der Waals surface area contributed by atoms with Crippen LogP contribution in [0.2, 0.25) is 0 Å². The van der Waals surface area contributed by atoms with Crippen LogP contribution in [-0.4, -0.2) is 47.3 Å². The molecule has 2 aromatic rings. The van der Waals surface area contributed by atoms with E-state index < -0.39 is 29.4 Å². The van der Waals surface area contributed by atoms with Crippen LogP contribution in [0.1, 0.15) is 65.1 Å². The van der Waals surface area contributed by atoms with Crippen LogP contribution in [0.15, 0.2) is 42.5 Å². The number of piperidine rings is 1. The third-order valence-electron chi connectivity index (χ3n) is 7.57. The molecule has 2 aromatic carbocycles. The minimum Gasteiger partial charge on any atom is -0.478 e. The molecular weight excluding hydrogens is 461 g/mol. The lowest BCUT2D eigenvalue weighted by Crippen LogP contribution is -2.46. The molecule has 2 heterocycles. The molecule has 0 unspecified atom stereocenters. The Morgan fingerprint density at radius 2 is 1.77 bits per heavy atom. The summed E-state index contributed by atoms with van der Waals surface area (Å²) in [5, 5.41) is 9.08. The van der Waals surface area contributed by atoms with Gasteiger partial charge in [0.15, 0.2) is 0 Å². The molecule has 1 N–H and O–H groups in total. The zero-order valence-corrected chi connectivity index (χ0v) is 19.2. The maximum Gasteiger partial charge on any atom is 0.416 e. The van der Waals surface area contributed by atoms with Crippen molar-refractivity contribution < 1.29 is 32.6 Å². The fourth-order valence-corrected chi connectivity index (χ4v) is 5.26. The molecular formula is C26H27F3N2O4. The number of alkyl halides is 3. The number of nitrogens with zero attached hydrogens (tertiary/aromatic N) is 2. The maximum atomic E-state index is 13.4. The molecule has 1 aliphatic carbocycles. The number of amides is 1. The van der Waals surface area contributed by atoms with Crippen LogP contribution in [0.4, 0.5) is 23.7 Å². The summed E-state index contributed by atoms with van der Waals surface area (Å²) in [5.74, 6) is -0.703. The van der Waals surface area contributed by atoms with E-state index in [2.05, 4.69) is 4.90 Å². The number of benzene rings is 2. The molecule has 3 fully saturated rings. The minimum absolute atomic E-state index is 0.139. The molecule has 9 heteroatoms. The van der Waals surface area contributed by atoms with Crippen molar-refractivity contribution in [2.24, 2.45) is 0 Å². The topological polar surface area (TPSA) is 70.1 Å². The zero-order valence-electron chi connectivity index (χ0n) is 19.2. The standard InChI is InChI=1S/C26H27F3N2O4/c27-26(28,29)20-6-9-22(17-2-1-3-17)19(14-20)15-30-12-10-25(11-13-30)16-31(24(34)35-25)21-7-4-18(5-8-21)23(32)33/h4-9,14,17H,1-3,10-13,15-16H2,(H,32,33). The average molecular weight is 489 g/mol. The molecule has 2 aliphatic heterocycles. The summed E-state index contributed by atoms with van der Waals surface area (Å²) in [6.45, 7) is 2.03. The first-order valence-corrected chi connectivity index (χ1v) is 11.9. The Morgan fingerprint density at radius 3 is 2.34 bits per heavy atom. The van der Waals surface area contributed by atoms with Gasteiger partial charge in [0, 0.05) is 38.2 Å². The molecule has 2 saturated heterocycles. The third kappa shape index (κ3) is 4.74. The van der Waals surface area contributed by atoms with Gasteiger partial charge in [0.2, 0.25) is 0 Å². The Kier molecular flexibility index (Phi) is 5.99. The molecule has 186 valence electrons. The van der Waals surface area contributed by atoms with Gasteiger partial charge in [-0.05, 0) is 66.3 Å². The van der Waals surface area contributed by atoms with Gasteiger partial charge in [-0.25, -0.2) is 9.59 Å². The van der Waals surface area contributed by atoms with Crippen molar-refractivity contribution in [1.29, 1.82) is 0 Å². The summed E-state index contributed by atoms with van der Waals surface area (Å²) in [7, 11) is 0. The first kappa shape index (κ1) is 23.7. The monoisotopic (exact) mass is 488 g/mol. The van der Waals surface area contributed by atoms with E-state index in [-0.39, 0.29) is 5.56 Å². The highest BCUT2D eigenvalue weighted by Crippen LogP contribution is 2.41. The molecule has 0 atom stereocenters. The molecule has 35 heavy (non-hydrogen) atoms. The van der Waals surface area contributed by atoms with E-state index in [0.29, 0.717) is 50.6 Å². The van der Waals surface area contributed by atoms with Gasteiger partial charge in [-0.3, -0.25) is 9.80 Å². The largest absolute Gasteiger partial charge is 0.478 e. The number of hydrogen-bond donors (Lipinski definition) is 1. The molecule has 5 rings (SSSR count). The van der Waals surface area contributed by atoms with Crippen LogP contribution in [0, 0.1) is 0 Å². The van der Waals surface area contributed by atoms with Gasteiger partial charge < -0.3 is 9.84 Å². The van der Waals surface area contributed by atoms with Gasteiger partial charge in [0.1, 0.15) is 5.60 Å². The van der Waals surface area contributed by atoms with E-state index in [1.807, 2.05) is 0 Å². The normalized spacial score (nSPS) is 20.7. The second-order valence-electron chi connectivity index (χ2n) is 9.80. The molecule has 0 aromatic heterocycles. The van der Waals surface area contributed by atoms with E-state index in [0.717, 1.165) is 30.4 Å². The highest BCUT2D eigenvalue weighted by molar-refractivity contribution is 5.92. The second-order valence-corrected chi connectivity index (χ2v) is 9.80. The lowest BCUT2D eigenvalue weighted by Gasteiger charge is -2.38. The van der Waals surface area contributed by atoms with Crippen LogP contribution in [0.5, 0.6) is 0 Å². The number of anilines is 1. The van der Waals surface area contributed by atoms with Crippen molar-refractivity contribution in [2.45, 2.75) is 56.3 Å².